The molecule has 1 fully saturated rings. The molecule has 1 aliphatic heterocycles. The second kappa shape index (κ2) is 15.7. The van der Waals surface area contributed by atoms with Crippen molar-refractivity contribution in [3.05, 3.63) is 0 Å². The molecular weight excluding hydrogens is 691 g/mol. The number of β-amino-alcohol motifs (C(OH)–C–C–N with tert-alkyl or cyclic N) is 1. The minimum atomic E-state index is -8.09. The van der Waals surface area contributed by atoms with Crippen molar-refractivity contribution in [1.29, 1.82) is 0 Å². The number of aliphatic hydroxyl groups excluding tert-OH is 1. The lowest BCUT2D eigenvalue weighted by molar-refractivity contribution is -0.440. The molecule has 11 nitrogen and oxygen atoms in total. The second-order valence-electron chi connectivity index (χ2n) is 10.7. The normalized spacial score (nSPS) is 19.5. The molecule has 0 saturated carbocycles. The highest BCUT2D eigenvalue weighted by Crippen LogP contribution is 2.60. The van der Waals surface area contributed by atoms with E-state index in [-0.39, 0.29) is 39.3 Å². The van der Waals surface area contributed by atoms with Gasteiger partial charge in [-0.15, -0.1) is 0 Å². The molecule has 1 aliphatic rings. The molecule has 1 atom stereocenters. The first kappa shape index (κ1) is 42.3. The standard InChI is InChI=1S/C23H31F13N4O7/c24-18(25,19(26,27)20(28,29)21(30,31)22(32,33)23(34,35)36)9-14(41)10-37-1-3-38(11-15(42)43)5-7-40(13-17(46)47)8-6-39(4-2-37)12-16(44)45/h14,41H,1-13H2,(H,42,43)(H,44,45)(H,46,47). The van der Waals surface area contributed by atoms with Gasteiger partial charge < -0.3 is 20.4 Å². The van der Waals surface area contributed by atoms with Gasteiger partial charge in [0.1, 0.15) is 0 Å². The van der Waals surface area contributed by atoms with Crippen LogP contribution in [0.5, 0.6) is 0 Å². The molecule has 0 radical (unpaired) electrons. The van der Waals surface area contributed by atoms with Crippen molar-refractivity contribution in [3.63, 3.8) is 0 Å². The molecular formula is C23H31F13N4O7. The quantitative estimate of drug-likeness (QED) is 0.196. The van der Waals surface area contributed by atoms with Crippen LogP contribution in [0.15, 0.2) is 0 Å². The molecule has 47 heavy (non-hydrogen) atoms. The van der Waals surface area contributed by atoms with E-state index >= 15 is 0 Å². The average molecular weight is 722 g/mol. The van der Waals surface area contributed by atoms with Gasteiger partial charge in [0.05, 0.1) is 25.7 Å². The summed E-state index contributed by atoms with van der Waals surface area (Å²) in [6, 6.07) is 0. The zero-order valence-corrected chi connectivity index (χ0v) is 24.0. The summed E-state index contributed by atoms with van der Waals surface area (Å²) in [6.07, 6.45) is -13.3. The Morgan fingerprint density at radius 1 is 0.489 bits per heavy atom. The Hall–Kier alpha value is -2.70. The summed E-state index contributed by atoms with van der Waals surface area (Å²) in [5.74, 6) is -42.2. The van der Waals surface area contributed by atoms with E-state index in [2.05, 4.69) is 0 Å². The number of carbonyl (C=O) groups is 3. The highest BCUT2D eigenvalue weighted by Gasteiger charge is 2.90. The summed E-state index contributed by atoms with van der Waals surface area (Å²) in [4.78, 5) is 38.4. The predicted octanol–water partition coefficient (Wildman–Crippen LogP) is 1.95. The SMILES string of the molecule is O=C(O)CN1CCN(CC(=O)O)CCN(CC(O)CC(F)(F)C(F)(F)C(F)(F)C(F)(F)C(F)(F)C(F)(F)F)CCN(CC(=O)O)CC1. The fourth-order valence-corrected chi connectivity index (χ4v) is 4.40. The molecule has 0 aromatic heterocycles. The van der Waals surface area contributed by atoms with Gasteiger partial charge in [0, 0.05) is 65.3 Å². The lowest BCUT2D eigenvalue weighted by Gasteiger charge is -2.40. The molecule has 1 heterocycles. The van der Waals surface area contributed by atoms with Gasteiger partial charge in [0.25, 0.3) is 0 Å². The summed E-state index contributed by atoms with van der Waals surface area (Å²) in [5.41, 5.74) is 0. The van der Waals surface area contributed by atoms with E-state index in [0.29, 0.717) is 0 Å². The van der Waals surface area contributed by atoms with E-state index in [1.807, 2.05) is 0 Å². The molecule has 1 saturated heterocycles. The van der Waals surface area contributed by atoms with Gasteiger partial charge in [-0.3, -0.25) is 34.0 Å². The van der Waals surface area contributed by atoms with Crippen molar-refractivity contribution in [2.45, 2.75) is 48.3 Å². The first-order chi connectivity index (χ1) is 21.1. The summed E-state index contributed by atoms with van der Waals surface area (Å²) >= 11 is 0. The van der Waals surface area contributed by atoms with E-state index in [1.54, 1.807) is 0 Å². The number of hydrogen-bond acceptors (Lipinski definition) is 8. The molecule has 276 valence electrons. The number of carboxylic acid groups (broad SMARTS) is 3. The van der Waals surface area contributed by atoms with Gasteiger partial charge in [-0.2, -0.15) is 57.1 Å². The fraction of sp³-hybridized carbons (Fsp3) is 0.870. The van der Waals surface area contributed by atoms with E-state index in [9.17, 15) is 86.8 Å². The van der Waals surface area contributed by atoms with Gasteiger partial charge in [0.2, 0.25) is 0 Å². The number of halogens is 13. The first-order valence-electron chi connectivity index (χ1n) is 13.3. The largest absolute Gasteiger partial charge is 0.480 e. The molecule has 0 aromatic rings. The van der Waals surface area contributed by atoms with Crippen LogP contribution in [0.25, 0.3) is 0 Å². The molecule has 0 aromatic carbocycles. The van der Waals surface area contributed by atoms with E-state index in [0.717, 1.165) is 4.90 Å². The zero-order chi connectivity index (χ0) is 36.8. The van der Waals surface area contributed by atoms with Crippen LogP contribution in [-0.4, -0.2) is 178 Å². The molecule has 0 amide bonds. The third-order valence-corrected chi connectivity index (χ3v) is 6.97. The third kappa shape index (κ3) is 10.6. The van der Waals surface area contributed by atoms with Gasteiger partial charge in [0.15, 0.2) is 0 Å². The smallest absolute Gasteiger partial charge is 0.460 e. The van der Waals surface area contributed by atoms with Crippen LogP contribution in [0.4, 0.5) is 57.1 Å². The summed E-state index contributed by atoms with van der Waals surface area (Å²) in [5, 5.41) is 37.6. The van der Waals surface area contributed by atoms with Crippen LogP contribution in [0.1, 0.15) is 6.42 Å². The highest BCUT2D eigenvalue weighted by atomic mass is 19.4. The van der Waals surface area contributed by atoms with E-state index in [4.69, 9.17) is 5.11 Å². The topological polar surface area (TPSA) is 145 Å². The molecule has 4 N–H and O–H groups in total. The predicted molar refractivity (Wildman–Crippen MR) is 130 cm³/mol. The van der Waals surface area contributed by atoms with Crippen molar-refractivity contribution in [2.24, 2.45) is 0 Å². The van der Waals surface area contributed by atoms with Crippen molar-refractivity contribution in [3.8, 4) is 0 Å². The maximum atomic E-state index is 14.4. The minimum absolute atomic E-state index is 0.0867. The van der Waals surface area contributed by atoms with Crippen molar-refractivity contribution >= 4 is 17.9 Å². The van der Waals surface area contributed by atoms with Crippen molar-refractivity contribution < 1.29 is 91.9 Å². The number of aliphatic carboxylic acids is 3. The summed E-state index contributed by atoms with van der Waals surface area (Å²) in [7, 11) is 0. The Balaban J connectivity index is 3.27. The number of aliphatic hydroxyl groups is 1. The molecule has 24 heteroatoms. The maximum Gasteiger partial charge on any atom is 0.460 e. The monoisotopic (exact) mass is 722 g/mol. The average Bonchev–Trinajstić information content (AvgIpc) is 2.87. The Kier molecular flexibility index (Phi) is 14.1. The molecule has 1 rings (SSSR count). The molecule has 0 spiro atoms. The number of hydrogen-bond donors (Lipinski definition) is 4. The van der Waals surface area contributed by atoms with Crippen molar-refractivity contribution in [1.82, 2.24) is 19.6 Å². The maximum absolute atomic E-state index is 14.4. The molecule has 0 bridgehead atoms. The summed E-state index contributed by atoms with van der Waals surface area (Å²) < 4.78 is 175. The number of rotatable bonds is 14. The van der Waals surface area contributed by atoms with Crippen LogP contribution in [0, 0.1) is 0 Å². The van der Waals surface area contributed by atoms with Crippen molar-refractivity contribution in [2.75, 3.05) is 78.5 Å². The lowest BCUT2D eigenvalue weighted by atomic mass is 9.91. The van der Waals surface area contributed by atoms with Crippen LogP contribution in [0.3, 0.4) is 0 Å². The van der Waals surface area contributed by atoms with Crippen LogP contribution >= 0.6 is 0 Å². The summed E-state index contributed by atoms with van der Waals surface area (Å²) in [6.45, 7) is -5.06. The molecule has 1 unspecified atom stereocenters. The van der Waals surface area contributed by atoms with Gasteiger partial charge in [-0.1, -0.05) is 0 Å². The number of carboxylic acids is 3. The first-order valence-corrected chi connectivity index (χ1v) is 13.3. The third-order valence-electron chi connectivity index (χ3n) is 6.97. The van der Waals surface area contributed by atoms with Crippen LogP contribution < -0.4 is 0 Å². The number of alkyl halides is 13. The minimum Gasteiger partial charge on any atom is -0.480 e. The lowest BCUT2D eigenvalue weighted by Crippen LogP contribution is -2.70. The van der Waals surface area contributed by atoms with E-state index in [1.165, 1.54) is 14.7 Å². The Labute approximate surface area is 257 Å². The van der Waals surface area contributed by atoms with Crippen LogP contribution in [0.2, 0.25) is 0 Å². The van der Waals surface area contributed by atoms with Gasteiger partial charge in [-0.25, -0.2) is 0 Å². The van der Waals surface area contributed by atoms with Crippen LogP contribution in [-0.2, 0) is 14.4 Å². The van der Waals surface area contributed by atoms with Gasteiger partial charge >= 0.3 is 53.7 Å². The Morgan fingerprint density at radius 3 is 1.04 bits per heavy atom. The van der Waals surface area contributed by atoms with Gasteiger partial charge in [-0.05, 0) is 0 Å². The highest BCUT2D eigenvalue weighted by molar-refractivity contribution is 5.69. The molecule has 0 aliphatic carbocycles. The zero-order valence-electron chi connectivity index (χ0n) is 24.0. The Bertz CT molecular complexity index is 1050. The fourth-order valence-electron chi connectivity index (χ4n) is 4.40. The second-order valence-corrected chi connectivity index (χ2v) is 10.7. The number of nitrogens with zero attached hydrogens (tertiary/aromatic N) is 4. The Morgan fingerprint density at radius 2 is 0.766 bits per heavy atom. The van der Waals surface area contributed by atoms with E-state index < -0.39 is 105 Å².